The SMILES string of the molecule is CC1(CN)CCN(C(=O)C2CC2c2cccc(F)c2F)C1.Cl. The number of amides is 1. The molecule has 122 valence electrons. The van der Waals surface area contributed by atoms with Crippen LogP contribution < -0.4 is 5.73 Å². The van der Waals surface area contributed by atoms with Gasteiger partial charge in [0.15, 0.2) is 11.6 Å². The molecule has 22 heavy (non-hydrogen) atoms. The molecule has 3 rings (SSSR count). The maximum atomic E-state index is 13.8. The van der Waals surface area contributed by atoms with E-state index in [0.29, 0.717) is 31.6 Å². The Labute approximate surface area is 135 Å². The highest BCUT2D eigenvalue weighted by molar-refractivity contribution is 5.85. The third kappa shape index (κ3) is 2.97. The molecule has 1 heterocycles. The van der Waals surface area contributed by atoms with Crippen LogP contribution in [0.1, 0.15) is 31.2 Å². The standard InChI is InChI=1S/C16H20F2N2O.ClH/c1-16(8-19)5-6-20(9-16)15(21)12-7-11(12)10-3-2-4-13(17)14(10)18;/h2-4,11-12H,5-9,19H2,1H3;1H. The molecule has 2 aliphatic rings. The molecule has 1 aliphatic heterocycles. The van der Waals surface area contributed by atoms with Crippen molar-refractivity contribution < 1.29 is 13.6 Å². The van der Waals surface area contributed by atoms with Crippen molar-refractivity contribution in [2.45, 2.75) is 25.7 Å². The summed E-state index contributed by atoms with van der Waals surface area (Å²) in [6.07, 6.45) is 1.51. The lowest BCUT2D eigenvalue weighted by Gasteiger charge is -2.22. The van der Waals surface area contributed by atoms with E-state index in [1.807, 2.05) is 4.90 Å². The molecule has 1 aromatic carbocycles. The number of carbonyl (C=O) groups is 1. The van der Waals surface area contributed by atoms with Crippen LogP contribution in [0.15, 0.2) is 18.2 Å². The predicted molar refractivity (Wildman–Crippen MR) is 82.8 cm³/mol. The van der Waals surface area contributed by atoms with Crippen LogP contribution in [-0.4, -0.2) is 30.4 Å². The molecule has 6 heteroatoms. The molecule has 1 amide bonds. The van der Waals surface area contributed by atoms with Crippen molar-refractivity contribution in [3.8, 4) is 0 Å². The average Bonchev–Trinajstić information content (AvgIpc) is 3.16. The molecule has 3 nitrogen and oxygen atoms in total. The number of likely N-dealkylation sites (tertiary alicyclic amines) is 1. The van der Waals surface area contributed by atoms with Crippen LogP contribution in [0.4, 0.5) is 8.78 Å². The van der Waals surface area contributed by atoms with Crippen LogP contribution in [0, 0.1) is 23.0 Å². The van der Waals surface area contributed by atoms with Gasteiger partial charge in [0.25, 0.3) is 0 Å². The molecular weight excluding hydrogens is 310 g/mol. The molecule has 3 atom stereocenters. The highest BCUT2D eigenvalue weighted by atomic mass is 35.5. The Bertz CT molecular complexity index is 583. The van der Waals surface area contributed by atoms with Gasteiger partial charge in [-0.15, -0.1) is 12.4 Å². The third-order valence-corrected chi connectivity index (χ3v) is 4.85. The number of hydrogen-bond donors (Lipinski definition) is 1. The van der Waals surface area contributed by atoms with Gasteiger partial charge in [-0.1, -0.05) is 19.1 Å². The van der Waals surface area contributed by atoms with Gasteiger partial charge < -0.3 is 10.6 Å². The van der Waals surface area contributed by atoms with E-state index >= 15 is 0 Å². The summed E-state index contributed by atoms with van der Waals surface area (Å²) in [6.45, 7) is 4.01. The summed E-state index contributed by atoms with van der Waals surface area (Å²) in [6, 6.07) is 4.17. The number of hydrogen-bond acceptors (Lipinski definition) is 2. The Morgan fingerprint density at radius 1 is 1.45 bits per heavy atom. The quantitative estimate of drug-likeness (QED) is 0.926. The third-order valence-electron chi connectivity index (χ3n) is 4.85. The molecule has 0 bridgehead atoms. The minimum Gasteiger partial charge on any atom is -0.342 e. The summed E-state index contributed by atoms with van der Waals surface area (Å²) in [7, 11) is 0. The Morgan fingerprint density at radius 2 is 2.18 bits per heavy atom. The molecular formula is C16H21ClF2N2O. The molecule has 3 unspecified atom stereocenters. The van der Waals surface area contributed by atoms with Crippen molar-refractivity contribution in [3.05, 3.63) is 35.4 Å². The van der Waals surface area contributed by atoms with Gasteiger partial charge in [-0.3, -0.25) is 4.79 Å². The number of rotatable bonds is 3. The second-order valence-corrected chi connectivity index (χ2v) is 6.62. The first kappa shape index (κ1) is 17.2. The molecule has 0 spiro atoms. The second kappa shape index (κ2) is 6.13. The molecule has 2 fully saturated rings. The Balaban J connectivity index is 0.00000176. The first-order valence-electron chi connectivity index (χ1n) is 7.38. The summed E-state index contributed by atoms with van der Waals surface area (Å²) < 4.78 is 27.0. The summed E-state index contributed by atoms with van der Waals surface area (Å²) in [4.78, 5) is 14.3. The number of halogens is 3. The van der Waals surface area contributed by atoms with Gasteiger partial charge in [-0.25, -0.2) is 8.78 Å². The topological polar surface area (TPSA) is 46.3 Å². The fraction of sp³-hybridized carbons (Fsp3) is 0.562. The summed E-state index contributed by atoms with van der Waals surface area (Å²) >= 11 is 0. The first-order chi connectivity index (χ1) is 9.95. The van der Waals surface area contributed by atoms with E-state index in [0.717, 1.165) is 12.5 Å². The number of nitrogens with two attached hydrogens (primary N) is 1. The van der Waals surface area contributed by atoms with Gasteiger partial charge in [-0.2, -0.15) is 0 Å². The van der Waals surface area contributed by atoms with Gasteiger partial charge in [0, 0.05) is 19.0 Å². The summed E-state index contributed by atoms with van der Waals surface area (Å²) in [5, 5.41) is 0. The zero-order valence-electron chi connectivity index (χ0n) is 12.5. The zero-order chi connectivity index (χ0) is 15.2. The van der Waals surface area contributed by atoms with E-state index in [9.17, 15) is 13.6 Å². The Kier molecular flexibility index (Phi) is 4.78. The fourth-order valence-corrected chi connectivity index (χ4v) is 3.23. The van der Waals surface area contributed by atoms with Crippen LogP contribution in [0.5, 0.6) is 0 Å². The molecule has 1 aliphatic carbocycles. The van der Waals surface area contributed by atoms with E-state index < -0.39 is 11.6 Å². The van der Waals surface area contributed by atoms with Crippen LogP contribution in [-0.2, 0) is 4.79 Å². The highest BCUT2D eigenvalue weighted by Gasteiger charge is 2.49. The number of benzene rings is 1. The van der Waals surface area contributed by atoms with Crippen molar-refractivity contribution in [1.82, 2.24) is 4.90 Å². The minimum atomic E-state index is -0.845. The zero-order valence-corrected chi connectivity index (χ0v) is 13.3. The van der Waals surface area contributed by atoms with E-state index in [1.165, 1.54) is 6.07 Å². The Morgan fingerprint density at radius 3 is 2.82 bits per heavy atom. The molecule has 1 aromatic rings. The normalized spacial score (nSPS) is 30.1. The van der Waals surface area contributed by atoms with E-state index in [-0.39, 0.29) is 35.6 Å². The molecule has 1 saturated carbocycles. The van der Waals surface area contributed by atoms with Gasteiger partial charge in [0.2, 0.25) is 5.91 Å². The molecule has 2 N–H and O–H groups in total. The smallest absolute Gasteiger partial charge is 0.226 e. The molecule has 0 aromatic heterocycles. The highest BCUT2D eigenvalue weighted by Crippen LogP contribution is 2.50. The van der Waals surface area contributed by atoms with Gasteiger partial charge in [-0.05, 0) is 42.3 Å². The van der Waals surface area contributed by atoms with Gasteiger partial charge >= 0.3 is 0 Å². The van der Waals surface area contributed by atoms with Crippen molar-refractivity contribution in [2.24, 2.45) is 17.1 Å². The maximum Gasteiger partial charge on any atom is 0.226 e. The van der Waals surface area contributed by atoms with Crippen LogP contribution in [0.25, 0.3) is 0 Å². The summed E-state index contributed by atoms with van der Waals surface area (Å²) in [5.41, 5.74) is 6.07. The lowest BCUT2D eigenvalue weighted by atomic mass is 9.90. The van der Waals surface area contributed by atoms with Crippen LogP contribution in [0.3, 0.4) is 0 Å². The van der Waals surface area contributed by atoms with Gasteiger partial charge in [0.1, 0.15) is 0 Å². The monoisotopic (exact) mass is 330 g/mol. The second-order valence-electron chi connectivity index (χ2n) is 6.62. The summed E-state index contributed by atoms with van der Waals surface area (Å²) in [5.74, 6) is -1.99. The van der Waals surface area contributed by atoms with Crippen LogP contribution in [0.2, 0.25) is 0 Å². The number of carbonyl (C=O) groups excluding carboxylic acids is 1. The van der Waals surface area contributed by atoms with Crippen molar-refractivity contribution in [2.75, 3.05) is 19.6 Å². The van der Waals surface area contributed by atoms with Crippen molar-refractivity contribution >= 4 is 18.3 Å². The average molecular weight is 331 g/mol. The fourth-order valence-electron chi connectivity index (χ4n) is 3.23. The van der Waals surface area contributed by atoms with Crippen molar-refractivity contribution in [3.63, 3.8) is 0 Å². The Hall–Kier alpha value is -1.20. The maximum absolute atomic E-state index is 13.8. The van der Waals surface area contributed by atoms with Gasteiger partial charge in [0.05, 0.1) is 0 Å². The largest absolute Gasteiger partial charge is 0.342 e. The lowest BCUT2D eigenvalue weighted by molar-refractivity contribution is -0.132. The number of nitrogens with zero attached hydrogens (tertiary/aromatic N) is 1. The van der Waals surface area contributed by atoms with E-state index in [4.69, 9.17) is 5.73 Å². The van der Waals surface area contributed by atoms with E-state index in [1.54, 1.807) is 6.07 Å². The van der Waals surface area contributed by atoms with E-state index in [2.05, 4.69) is 6.92 Å². The van der Waals surface area contributed by atoms with Crippen LogP contribution >= 0.6 is 12.4 Å². The predicted octanol–water partition coefficient (Wildman–Crippen LogP) is 2.69. The van der Waals surface area contributed by atoms with Crippen molar-refractivity contribution in [1.29, 1.82) is 0 Å². The minimum absolute atomic E-state index is 0. The molecule has 0 radical (unpaired) electrons. The lowest BCUT2D eigenvalue weighted by Crippen LogP contribution is -2.35. The molecule has 1 saturated heterocycles. The first-order valence-corrected chi connectivity index (χ1v) is 7.38.